The number of aromatic amines is 1. The van der Waals surface area contributed by atoms with Crippen molar-refractivity contribution in [3.05, 3.63) is 77.9 Å². The lowest BCUT2D eigenvalue weighted by Gasteiger charge is -2.10. The average Bonchev–Trinajstić information content (AvgIpc) is 3.15. The van der Waals surface area contributed by atoms with E-state index in [-0.39, 0.29) is 11.7 Å². The van der Waals surface area contributed by atoms with Gasteiger partial charge in [-0.15, -0.1) is 0 Å². The van der Waals surface area contributed by atoms with Crippen molar-refractivity contribution >= 4 is 5.78 Å². The fourth-order valence-corrected chi connectivity index (χ4v) is 2.88. The van der Waals surface area contributed by atoms with Crippen molar-refractivity contribution < 1.29 is 18.0 Å². The number of nitrogens with one attached hydrogen (secondary N) is 1. The van der Waals surface area contributed by atoms with Crippen LogP contribution in [-0.4, -0.2) is 15.8 Å². The number of carbonyl (C=O) groups is 1. The molecule has 0 radical (unpaired) electrons. The molecule has 1 aromatic heterocycles. The van der Waals surface area contributed by atoms with Gasteiger partial charge in [-0.2, -0.15) is 13.2 Å². The lowest BCUT2D eigenvalue weighted by atomic mass is 9.94. The van der Waals surface area contributed by atoms with Crippen LogP contribution in [0.2, 0.25) is 0 Å². The van der Waals surface area contributed by atoms with Crippen molar-refractivity contribution in [1.29, 1.82) is 0 Å². The number of ketones is 1. The molecule has 0 bridgehead atoms. The Kier molecular flexibility index (Phi) is 5.44. The van der Waals surface area contributed by atoms with Crippen molar-refractivity contribution in [3.8, 4) is 11.1 Å². The van der Waals surface area contributed by atoms with E-state index in [1.165, 1.54) is 12.1 Å². The lowest BCUT2D eigenvalue weighted by Crippen LogP contribution is -2.16. The average molecular weight is 372 g/mol. The molecule has 1 heterocycles. The highest BCUT2D eigenvalue weighted by Crippen LogP contribution is 2.31. The molecule has 3 nitrogen and oxygen atoms in total. The van der Waals surface area contributed by atoms with Crippen molar-refractivity contribution in [1.82, 2.24) is 9.97 Å². The van der Waals surface area contributed by atoms with Gasteiger partial charge >= 0.3 is 6.18 Å². The number of nitrogens with zero attached hydrogens (tertiary/aromatic N) is 1. The third-order valence-corrected chi connectivity index (χ3v) is 4.51. The molecule has 3 rings (SSSR count). The standard InChI is InChI=1S/C21H19F3N2O/c1-14(10-19-12-25-13-26-19)20(27)11-15-2-4-16(5-3-15)17-6-8-18(9-7-17)21(22,23)24/h2-9,12-14H,10-11H2,1H3,(H,25,26). The van der Waals surface area contributed by atoms with Crippen molar-refractivity contribution in [3.63, 3.8) is 0 Å². The summed E-state index contributed by atoms with van der Waals surface area (Å²) in [4.78, 5) is 19.3. The van der Waals surface area contributed by atoms with E-state index in [0.29, 0.717) is 18.4 Å². The van der Waals surface area contributed by atoms with Crippen LogP contribution in [0.1, 0.15) is 23.7 Å². The van der Waals surface area contributed by atoms with Gasteiger partial charge in [0.1, 0.15) is 5.78 Å². The second-order valence-corrected chi connectivity index (χ2v) is 6.60. The predicted octanol–water partition coefficient (Wildman–Crippen LogP) is 5.09. The molecular formula is C21H19F3N2O. The van der Waals surface area contributed by atoms with Crippen LogP contribution in [0.15, 0.2) is 61.1 Å². The van der Waals surface area contributed by atoms with Gasteiger partial charge in [-0.05, 0) is 35.2 Å². The molecule has 0 amide bonds. The second kappa shape index (κ2) is 7.78. The zero-order valence-corrected chi connectivity index (χ0v) is 14.8. The molecule has 0 saturated carbocycles. The first-order valence-corrected chi connectivity index (χ1v) is 8.59. The molecule has 3 aromatic rings. The van der Waals surface area contributed by atoms with Crippen LogP contribution in [0.3, 0.4) is 0 Å². The Hall–Kier alpha value is -2.89. The topological polar surface area (TPSA) is 45.8 Å². The zero-order valence-electron chi connectivity index (χ0n) is 14.8. The molecule has 0 aliphatic heterocycles. The summed E-state index contributed by atoms with van der Waals surface area (Å²) >= 11 is 0. The Morgan fingerprint density at radius 3 is 2.15 bits per heavy atom. The van der Waals surface area contributed by atoms with E-state index >= 15 is 0 Å². The molecule has 1 atom stereocenters. The van der Waals surface area contributed by atoms with E-state index in [0.717, 1.165) is 29.0 Å². The van der Waals surface area contributed by atoms with Gasteiger partial charge in [-0.1, -0.05) is 43.3 Å². The summed E-state index contributed by atoms with van der Waals surface area (Å²) in [5.41, 5.74) is 2.65. The number of aromatic nitrogens is 2. The first kappa shape index (κ1) is 18.9. The van der Waals surface area contributed by atoms with Crippen molar-refractivity contribution in [2.24, 2.45) is 5.92 Å². The van der Waals surface area contributed by atoms with Crippen LogP contribution in [0, 0.1) is 5.92 Å². The number of benzene rings is 2. The van der Waals surface area contributed by atoms with Gasteiger partial charge in [0.2, 0.25) is 0 Å². The molecule has 0 spiro atoms. The first-order chi connectivity index (χ1) is 12.8. The lowest BCUT2D eigenvalue weighted by molar-refractivity contribution is -0.137. The fraction of sp³-hybridized carbons (Fsp3) is 0.238. The molecule has 2 aromatic carbocycles. The number of hydrogen-bond acceptors (Lipinski definition) is 2. The van der Waals surface area contributed by atoms with Gasteiger partial charge in [0.15, 0.2) is 0 Å². The Morgan fingerprint density at radius 1 is 1.04 bits per heavy atom. The largest absolute Gasteiger partial charge is 0.416 e. The molecular weight excluding hydrogens is 353 g/mol. The summed E-state index contributed by atoms with van der Waals surface area (Å²) in [6.45, 7) is 1.89. The highest BCUT2D eigenvalue weighted by molar-refractivity contribution is 5.83. The molecule has 140 valence electrons. The number of alkyl halides is 3. The summed E-state index contributed by atoms with van der Waals surface area (Å²) in [5, 5.41) is 0. The van der Waals surface area contributed by atoms with Crippen LogP contribution in [0.5, 0.6) is 0 Å². The number of H-pyrrole nitrogens is 1. The number of halogens is 3. The summed E-state index contributed by atoms with van der Waals surface area (Å²) < 4.78 is 37.9. The Morgan fingerprint density at radius 2 is 1.63 bits per heavy atom. The van der Waals surface area contributed by atoms with Crippen LogP contribution in [-0.2, 0) is 23.8 Å². The maximum absolute atomic E-state index is 12.6. The summed E-state index contributed by atoms with van der Waals surface area (Å²) in [6, 6.07) is 12.4. The number of hydrogen-bond donors (Lipinski definition) is 1. The van der Waals surface area contributed by atoms with Crippen LogP contribution >= 0.6 is 0 Å². The van der Waals surface area contributed by atoms with Gasteiger partial charge in [-0.3, -0.25) is 4.79 Å². The van der Waals surface area contributed by atoms with Gasteiger partial charge in [-0.25, -0.2) is 4.98 Å². The van der Waals surface area contributed by atoms with E-state index in [9.17, 15) is 18.0 Å². The molecule has 0 fully saturated rings. The zero-order chi connectivity index (χ0) is 19.4. The molecule has 0 saturated heterocycles. The molecule has 0 aliphatic carbocycles. The maximum Gasteiger partial charge on any atom is 0.416 e. The minimum absolute atomic E-state index is 0.125. The third-order valence-electron chi connectivity index (χ3n) is 4.51. The Balaban J connectivity index is 1.64. The minimum atomic E-state index is -4.34. The van der Waals surface area contributed by atoms with E-state index < -0.39 is 11.7 Å². The van der Waals surface area contributed by atoms with E-state index in [4.69, 9.17) is 0 Å². The number of carbonyl (C=O) groups excluding carboxylic acids is 1. The number of Topliss-reactive ketones (excluding diaryl/α,β-unsaturated/α-hetero) is 1. The summed E-state index contributed by atoms with van der Waals surface area (Å²) in [5.74, 6) is 0.00641. The monoisotopic (exact) mass is 372 g/mol. The molecule has 1 N–H and O–H groups in total. The first-order valence-electron chi connectivity index (χ1n) is 8.59. The van der Waals surface area contributed by atoms with Gasteiger partial charge in [0.25, 0.3) is 0 Å². The molecule has 0 aliphatic rings. The maximum atomic E-state index is 12.6. The fourth-order valence-electron chi connectivity index (χ4n) is 2.88. The van der Waals surface area contributed by atoms with Gasteiger partial charge in [0, 0.05) is 24.2 Å². The van der Waals surface area contributed by atoms with E-state index in [2.05, 4.69) is 9.97 Å². The Labute approximate surface area is 155 Å². The van der Waals surface area contributed by atoms with Crippen molar-refractivity contribution in [2.45, 2.75) is 25.9 Å². The van der Waals surface area contributed by atoms with Gasteiger partial charge < -0.3 is 4.98 Å². The highest BCUT2D eigenvalue weighted by atomic mass is 19.4. The van der Waals surface area contributed by atoms with E-state index in [1.54, 1.807) is 12.5 Å². The van der Waals surface area contributed by atoms with Crippen molar-refractivity contribution in [2.75, 3.05) is 0 Å². The SMILES string of the molecule is CC(Cc1cnc[nH]1)C(=O)Cc1ccc(-c2ccc(C(F)(F)F)cc2)cc1. The quantitative estimate of drug-likeness (QED) is 0.655. The number of imidazole rings is 1. The molecule has 6 heteroatoms. The minimum Gasteiger partial charge on any atom is -0.348 e. The highest BCUT2D eigenvalue weighted by Gasteiger charge is 2.29. The van der Waals surface area contributed by atoms with Crippen LogP contribution < -0.4 is 0 Å². The second-order valence-electron chi connectivity index (χ2n) is 6.60. The smallest absolute Gasteiger partial charge is 0.348 e. The summed E-state index contributed by atoms with van der Waals surface area (Å²) in [6.07, 6.45) is -0.101. The normalized spacial score (nSPS) is 12.7. The van der Waals surface area contributed by atoms with Crippen LogP contribution in [0.4, 0.5) is 13.2 Å². The third kappa shape index (κ3) is 4.84. The molecule has 27 heavy (non-hydrogen) atoms. The van der Waals surface area contributed by atoms with Gasteiger partial charge in [0.05, 0.1) is 11.9 Å². The van der Waals surface area contributed by atoms with Crippen LogP contribution in [0.25, 0.3) is 11.1 Å². The molecule has 1 unspecified atom stereocenters. The number of rotatable bonds is 6. The Bertz CT molecular complexity index is 883. The predicted molar refractivity (Wildman–Crippen MR) is 97.0 cm³/mol. The van der Waals surface area contributed by atoms with E-state index in [1.807, 2.05) is 31.2 Å². The summed E-state index contributed by atoms with van der Waals surface area (Å²) in [7, 11) is 0.